The number of benzene rings is 2. The fourth-order valence-electron chi connectivity index (χ4n) is 3.40. The quantitative estimate of drug-likeness (QED) is 0.324. The zero-order valence-corrected chi connectivity index (χ0v) is 19.9. The summed E-state index contributed by atoms with van der Waals surface area (Å²) in [5.41, 5.74) is 1.48. The first-order valence-corrected chi connectivity index (χ1v) is 11.9. The Morgan fingerprint density at radius 3 is 2.55 bits per heavy atom. The SMILES string of the molecule is CCCCCOc1ccc(-c2nc3sc(=Cc4ccc(OCC)c(OC)c4)c(=O)n3n2)cc1. The van der Waals surface area contributed by atoms with Crippen molar-refractivity contribution < 1.29 is 14.2 Å². The summed E-state index contributed by atoms with van der Waals surface area (Å²) in [5.74, 6) is 2.63. The van der Waals surface area contributed by atoms with E-state index >= 15 is 0 Å². The highest BCUT2D eigenvalue weighted by Crippen LogP contribution is 2.28. The van der Waals surface area contributed by atoms with Gasteiger partial charge in [-0.25, -0.2) is 0 Å². The Labute approximate surface area is 196 Å². The van der Waals surface area contributed by atoms with Gasteiger partial charge in [0.2, 0.25) is 4.96 Å². The van der Waals surface area contributed by atoms with Crippen LogP contribution in [0.15, 0.2) is 47.3 Å². The standard InChI is InChI=1S/C25H27N3O4S/c1-4-6-7-14-32-19-11-9-18(10-12-19)23-26-25-28(27-23)24(29)22(33-25)16-17-8-13-20(31-5-2)21(15-17)30-3/h8-13,15-16H,4-7,14H2,1-3H3. The van der Waals surface area contributed by atoms with E-state index in [0.717, 1.165) is 29.7 Å². The second-order valence-electron chi connectivity index (χ2n) is 7.47. The van der Waals surface area contributed by atoms with Crippen molar-refractivity contribution in [3.05, 3.63) is 62.9 Å². The van der Waals surface area contributed by atoms with E-state index in [9.17, 15) is 4.79 Å². The van der Waals surface area contributed by atoms with E-state index in [0.29, 0.717) is 40.0 Å². The van der Waals surface area contributed by atoms with Crippen LogP contribution >= 0.6 is 11.3 Å². The third-order valence-electron chi connectivity index (χ3n) is 5.10. The molecule has 0 amide bonds. The monoisotopic (exact) mass is 465 g/mol. The minimum atomic E-state index is -0.197. The molecular formula is C25H27N3O4S. The molecule has 0 spiro atoms. The van der Waals surface area contributed by atoms with Crippen LogP contribution in [0.25, 0.3) is 22.4 Å². The lowest BCUT2D eigenvalue weighted by Gasteiger charge is -2.09. The molecule has 2 heterocycles. The summed E-state index contributed by atoms with van der Waals surface area (Å²) in [6.07, 6.45) is 5.19. The second-order valence-corrected chi connectivity index (χ2v) is 8.48. The lowest BCUT2D eigenvalue weighted by atomic mass is 10.2. The Morgan fingerprint density at radius 2 is 1.85 bits per heavy atom. The van der Waals surface area contributed by atoms with Gasteiger partial charge in [0.05, 0.1) is 24.9 Å². The van der Waals surface area contributed by atoms with Gasteiger partial charge in [-0.05, 0) is 61.4 Å². The highest BCUT2D eigenvalue weighted by atomic mass is 32.1. The number of nitrogens with zero attached hydrogens (tertiary/aromatic N) is 3. The van der Waals surface area contributed by atoms with Gasteiger partial charge in [0, 0.05) is 5.56 Å². The number of unbranched alkanes of at least 4 members (excludes halogenated alkanes) is 2. The molecule has 4 rings (SSSR count). The largest absolute Gasteiger partial charge is 0.494 e. The Morgan fingerprint density at radius 1 is 1.03 bits per heavy atom. The molecule has 2 aromatic carbocycles. The van der Waals surface area contributed by atoms with Gasteiger partial charge in [0.1, 0.15) is 5.75 Å². The number of fused-ring (bicyclic) bond motifs is 1. The Bertz CT molecular complexity index is 1330. The Kier molecular flexibility index (Phi) is 7.24. The van der Waals surface area contributed by atoms with Crippen LogP contribution in [0.4, 0.5) is 0 Å². The number of rotatable bonds is 10. The lowest BCUT2D eigenvalue weighted by Crippen LogP contribution is -2.23. The molecule has 7 nitrogen and oxygen atoms in total. The smallest absolute Gasteiger partial charge is 0.291 e. The summed E-state index contributed by atoms with van der Waals surface area (Å²) in [4.78, 5) is 18.0. The van der Waals surface area contributed by atoms with Crippen molar-refractivity contribution in [2.24, 2.45) is 0 Å². The van der Waals surface area contributed by atoms with Crippen LogP contribution in [0.3, 0.4) is 0 Å². The van der Waals surface area contributed by atoms with Gasteiger partial charge in [0.15, 0.2) is 17.3 Å². The summed E-state index contributed by atoms with van der Waals surface area (Å²) >= 11 is 1.31. The topological polar surface area (TPSA) is 75.0 Å². The van der Waals surface area contributed by atoms with E-state index in [1.807, 2.05) is 55.5 Å². The molecule has 0 saturated heterocycles. The van der Waals surface area contributed by atoms with Crippen molar-refractivity contribution in [1.82, 2.24) is 14.6 Å². The highest BCUT2D eigenvalue weighted by molar-refractivity contribution is 7.15. The minimum absolute atomic E-state index is 0.197. The summed E-state index contributed by atoms with van der Waals surface area (Å²) < 4.78 is 18.6. The average Bonchev–Trinajstić information content (AvgIpc) is 3.37. The first-order valence-electron chi connectivity index (χ1n) is 11.1. The minimum Gasteiger partial charge on any atom is -0.494 e. The van der Waals surface area contributed by atoms with Gasteiger partial charge in [-0.3, -0.25) is 4.79 Å². The molecule has 0 radical (unpaired) electrons. The average molecular weight is 466 g/mol. The van der Waals surface area contributed by atoms with Crippen LogP contribution in [-0.4, -0.2) is 34.9 Å². The molecule has 0 atom stereocenters. The maximum Gasteiger partial charge on any atom is 0.291 e. The molecule has 0 N–H and O–H groups in total. The first kappa shape index (κ1) is 22.8. The number of ether oxygens (including phenoxy) is 3. The molecule has 0 aliphatic heterocycles. The highest BCUT2D eigenvalue weighted by Gasteiger charge is 2.13. The van der Waals surface area contributed by atoms with Gasteiger partial charge in [-0.1, -0.05) is 37.2 Å². The van der Waals surface area contributed by atoms with E-state index in [2.05, 4.69) is 17.0 Å². The molecule has 4 aromatic rings. The predicted octanol–water partition coefficient (Wildman–Crippen LogP) is 4.34. The van der Waals surface area contributed by atoms with E-state index in [1.54, 1.807) is 7.11 Å². The molecule has 2 aromatic heterocycles. The number of thiazole rings is 1. The molecule has 8 heteroatoms. The third kappa shape index (κ3) is 5.17. The van der Waals surface area contributed by atoms with Gasteiger partial charge in [-0.15, -0.1) is 5.10 Å². The van der Waals surface area contributed by atoms with Crippen molar-refractivity contribution in [2.45, 2.75) is 33.1 Å². The van der Waals surface area contributed by atoms with Crippen LogP contribution in [0.1, 0.15) is 38.7 Å². The molecule has 0 bridgehead atoms. The van der Waals surface area contributed by atoms with Crippen molar-refractivity contribution in [3.8, 4) is 28.6 Å². The van der Waals surface area contributed by atoms with Gasteiger partial charge < -0.3 is 14.2 Å². The summed E-state index contributed by atoms with van der Waals surface area (Å²) in [7, 11) is 1.59. The lowest BCUT2D eigenvalue weighted by molar-refractivity contribution is 0.306. The van der Waals surface area contributed by atoms with Crippen LogP contribution in [0.2, 0.25) is 0 Å². The molecule has 0 unspecified atom stereocenters. The molecule has 0 aliphatic rings. The van der Waals surface area contributed by atoms with E-state index in [-0.39, 0.29) is 5.56 Å². The van der Waals surface area contributed by atoms with Crippen LogP contribution < -0.4 is 24.3 Å². The number of hydrogen-bond acceptors (Lipinski definition) is 7. The summed E-state index contributed by atoms with van der Waals surface area (Å²) in [5, 5.41) is 4.43. The summed E-state index contributed by atoms with van der Waals surface area (Å²) in [6, 6.07) is 13.2. The fourth-order valence-corrected chi connectivity index (χ4v) is 4.31. The van der Waals surface area contributed by atoms with Crippen molar-refractivity contribution >= 4 is 22.4 Å². The van der Waals surface area contributed by atoms with Crippen molar-refractivity contribution in [3.63, 3.8) is 0 Å². The first-order chi connectivity index (χ1) is 16.1. The zero-order chi connectivity index (χ0) is 23.2. The van der Waals surface area contributed by atoms with Crippen molar-refractivity contribution in [2.75, 3.05) is 20.3 Å². The van der Waals surface area contributed by atoms with Gasteiger partial charge in [-0.2, -0.15) is 9.50 Å². The third-order valence-corrected chi connectivity index (χ3v) is 6.06. The number of methoxy groups -OCH3 is 1. The van der Waals surface area contributed by atoms with Crippen LogP contribution in [-0.2, 0) is 0 Å². The number of aromatic nitrogens is 3. The van der Waals surface area contributed by atoms with Crippen LogP contribution in [0, 0.1) is 0 Å². The fraction of sp³-hybridized carbons (Fsp3) is 0.320. The molecule has 0 aliphatic carbocycles. The molecule has 0 fully saturated rings. The Balaban J connectivity index is 1.56. The van der Waals surface area contributed by atoms with E-state index < -0.39 is 0 Å². The van der Waals surface area contributed by atoms with E-state index in [4.69, 9.17) is 14.2 Å². The molecule has 0 saturated carbocycles. The second kappa shape index (κ2) is 10.5. The maximum absolute atomic E-state index is 12.9. The number of hydrogen-bond donors (Lipinski definition) is 0. The Hall–Kier alpha value is -3.39. The van der Waals surface area contributed by atoms with Crippen molar-refractivity contribution in [1.29, 1.82) is 0 Å². The molecular weight excluding hydrogens is 438 g/mol. The van der Waals surface area contributed by atoms with Gasteiger partial charge in [0.25, 0.3) is 5.56 Å². The maximum atomic E-state index is 12.9. The van der Waals surface area contributed by atoms with E-state index in [1.165, 1.54) is 22.3 Å². The molecule has 172 valence electrons. The summed E-state index contributed by atoms with van der Waals surface area (Å²) in [6.45, 7) is 5.35. The van der Waals surface area contributed by atoms with Crippen LogP contribution in [0.5, 0.6) is 17.2 Å². The molecule has 33 heavy (non-hydrogen) atoms. The normalized spacial score (nSPS) is 11.8. The zero-order valence-electron chi connectivity index (χ0n) is 19.0. The van der Waals surface area contributed by atoms with Gasteiger partial charge >= 0.3 is 0 Å². The predicted molar refractivity (Wildman–Crippen MR) is 131 cm³/mol.